The van der Waals surface area contributed by atoms with E-state index >= 15 is 0 Å². The zero-order chi connectivity index (χ0) is 21.6. The summed E-state index contributed by atoms with van der Waals surface area (Å²) in [6.07, 6.45) is 4.27. The van der Waals surface area contributed by atoms with E-state index in [1.807, 2.05) is 47.8 Å². The van der Waals surface area contributed by atoms with E-state index in [0.717, 1.165) is 36.1 Å². The van der Waals surface area contributed by atoms with Crippen molar-refractivity contribution in [3.63, 3.8) is 0 Å². The van der Waals surface area contributed by atoms with Crippen molar-refractivity contribution in [2.24, 2.45) is 0 Å². The highest BCUT2D eigenvalue weighted by Crippen LogP contribution is 2.30. The quantitative estimate of drug-likeness (QED) is 0.549. The molecule has 0 radical (unpaired) electrons. The molecular weight excluding hydrogens is 411 g/mol. The molecule has 1 fully saturated rings. The molecule has 0 bridgehead atoms. The van der Waals surface area contributed by atoms with Gasteiger partial charge in [-0.25, -0.2) is 4.39 Å². The Kier molecular flexibility index (Phi) is 6.77. The number of nitrogens with zero attached hydrogens (tertiary/aromatic N) is 1. The van der Waals surface area contributed by atoms with E-state index in [1.165, 1.54) is 28.4 Å². The second kappa shape index (κ2) is 9.88. The minimum Gasteiger partial charge on any atom is -0.351 e. The van der Waals surface area contributed by atoms with Crippen LogP contribution in [-0.4, -0.2) is 17.9 Å². The lowest BCUT2D eigenvalue weighted by Crippen LogP contribution is -2.46. The van der Waals surface area contributed by atoms with Gasteiger partial charge in [-0.1, -0.05) is 49.2 Å². The molecule has 4 nitrogen and oxygen atoms in total. The molecular formula is C25H25FN2O2S. The number of amides is 2. The van der Waals surface area contributed by atoms with Crippen LogP contribution in [0.1, 0.15) is 42.2 Å². The van der Waals surface area contributed by atoms with Crippen LogP contribution in [0.2, 0.25) is 0 Å². The normalized spacial score (nSPS) is 14.9. The molecule has 0 unspecified atom stereocenters. The standard InChI is InChI=1S/C25H25FN2O2S/c26-19-12-14-21(15-13-19)28(23(29)17-22-11-6-16-31-22)24(18-7-2-1-3-8-18)25(30)27-20-9-4-5-10-20/h1-3,6-8,11-16,20,24H,4-5,9-10,17H2,(H,27,30)/t24-/m0/s1. The number of nitrogens with one attached hydrogen (secondary N) is 1. The molecule has 1 saturated carbocycles. The number of thiophene rings is 1. The van der Waals surface area contributed by atoms with E-state index in [2.05, 4.69) is 5.32 Å². The zero-order valence-electron chi connectivity index (χ0n) is 17.2. The number of anilines is 1. The van der Waals surface area contributed by atoms with Gasteiger partial charge in [0.05, 0.1) is 6.42 Å². The maximum atomic E-state index is 13.6. The Morgan fingerprint density at radius 2 is 1.71 bits per heavy atom. The molecule has 2 aromatic carbocycles. The SMILES string of the molecule is O=C(NC1CCCC1)[C@H](c1ccccc1)N(C(=O)Cc1cccs1)c1ccc(F)cc1. The smallest absolute Gasteiger partial charge is 0.248 e. The molecule has 0 aliphatic heterocycles. The zero-order valence-corrected chi connectivity index (χ0v) is 18.0. The Bertz CT molecular complexity index is 1000. The minimum atomic E-state index is -0.834. The fourth-order valence-corrected chi connectivity index (χ4v) is 4.79. The fraction of sp³-hybridized carbons (Fsp3) is 0.280. The van der Waals surface area contributed by atoms with Gasteiger partial charge in [-0.15, -0.1) is 11.3 Å². The van der Waals surface area contributed by atoms with E-state index < -0.39 is 6.04 Å². The summed E-state index contributed by atoms with van der Waals surface area (Å²) >= 11 is 1.50. The maximum absolute atomic E-state index is 13.6. The van der Waals surface area contributed by atoms with Gasteiger partial charge in [0.15, 0.2) is 0 Å². The summed E-state index contributed by atoms with van der Waals surface area (Å²) in [5, 5.41) is 5.07. The summed E-state index contributed by atoms with van der Waals surface area (Å²) in [7, 11) is 0. The number of hydrogen-bond acceptors (Lipinski definition) is 3. The van der Waals surface area contributed by atoms with Crippen LogP contribution in [0.3, 0.4) is 0 Å². The molecule has 31 heavy (non-hydrogen) atoms. The van der Waals surface area contributed by atoms with Crippen LogP contribution in [0.15, 0.2) is 72.1 Å². The Morgan fingerprint density at radius 1 is 1.00 bits per heavy atom. The highest BCUT2D eigenvalue weighted by molar-refractivity contribution is 7.10. The van der Waals surface area contributed by atoms with E-state index in [-0.39, 0.29) is 30.1 Å². The fourth-order valence-electron chi connectivity index (χ4n) is 4.09. The molecule has 3 aromatic rings. The molecule has 1 atom stereocenters. The molecule has 160 valence electrons. The molecule has 1 N–H and O–H groups in total. The van der Waals surface area contributed by atoms with Crippen LogP contribution >= 0.6 is 11.3 Å². The highest BCUT2D eigenvalue weighted by atomic mass is 32.1. The van der Waals surface area contributed by atoms with Crippen molar-refractivity contribution in [2.75, 3.05) is 4.90 Å². The third-order valence-corrected chi connectivity index (χ3v) is 6.48. The van der Waals surface area contributed by atoms with E-state index in [1.54, 1.807) is 12.1 Å². The molecule has 1 aliphatic rings. The molecule has 1 aromatic heterocycles. The van der Waals surface area contributed by atoms with Crippen LogP contribution in [0.5, 0.6) is 0 Å². The van der Waals surface area contributed by atoms with Crippen LogP contribution < -0.4 is 10.2 Å². The van der Waals surface area contributed by atoms with Crippen LogP contribution in [0.4, 0.5) is 10.1 Å². The van der Waals surface area contributed by atoms with E-state index in [9.17, 15) is 14.0 Å². The molecule has 4 rings (SSSR count). The van der Waals surface area contributed by atoms with E-state index in [4.69, 9.17) is 0 Å². The molecule has 0 saturated heterocycles. The Balaban J connectivity index is 1.73. The van der Waals surface area contributed by atoms with Gasteiger partial charge in [0.25, 0.3) is 0 Å². The van der Waals surface area contributed by atoms with Gasteiger partial charge in [-0.2, -0.15) is 0 Å². The number of halogens is 1. The number of benzene rings is 2. The van der Waals surface area contributed by atoms with Gasteiger partial charge in [-0.05, 0) is 54.1 Å². The summed E-state index contributed by atoms with van der Waals surface area (Å²) in [6.45, 7) is 0. The average Bonchev–Trinajstić information content (AvgIpc) is 3.47. The van der Waals surface area contributed by atoms with Gasteiger partial charge in [0.1, 0.15) is 11.9 Å². The van der Waals surface area contributed by atoms with Crippen LogP contribution in [0, 0.1) is 5.82 Å². The third-order valence-electron chi connectivity index (χ3n) is 5.60. The first kappa shape index (κ1) is 21.2. The summed E-state index contributed by atoms with van der Waals surface area (Å²) in [6, 6.07) is 18.2. The van der Waals surface area contributed by atoms with Gasteiger partial charge < -0.3 is 5.32 Å². The lowest BCUT2D eigenvalue weighted by molar-refractivity contribution is -0.127. The number of carbonyl (C=O) groups is 2. The largest absolute Gasteiger partial charge is 0.351 e. The first-order chi connectivity index (χ1) is 15.1. The van der Waals surface area contributed by atoms with Crippen molar-refractivity contribution in [1.29, 1.82) is 0 Å². The first-order valence-electron chi connectivity index (χ1n) is 10.6. The Hall–Kier alpha value is -2.99. The van der Waals surface area contributed by atoms with Crippen molar-refractivity contribution >= 4 is 28.8 Å². The minimum absolute atomic E-state index is 0.126. The first-order valence-corrected chi connectivity index (χ1v) is 11.4. The Labute approximate surface area is 185 Å². The molecule has 6 heteroatoms. The second-order valence-electron chi connectivity index (χ2n) is 7.80. The maximum Gasteiger partial charge on any atom is 0.248 e. The molecule has 0 spiro atoms. The second-order valence-corrected chi connectivity index (χ2v) is 8.83. The summed E-state index contributed by atoms with van der Waals surface area (Å²) < 4.78 is 13.6. The van der Waals surface area contributed by atoms with Crippen LogP contribution in [-0.2, 0) is 16.0 Å². The number of hydrogen-bond donors (Lipinski definition) is 1. The average molecular weight is 437 g/mol. The van der Waals surface area contributed by atoms with Crippen molar-refractivity contribution < 1.29 is 14.0 Å². The van der Waals surface area contributed by atoms with Gasteiger partial charge in [-0.3, -0.25) is 14.5 Å². The predicted molar refractivity (Wildman–Crippen MR) is 121 cm³/mol. The number of rotatable bonds is 7. The van der Waals surface area contributed by atoms with Crippen molar-refractivity contribution in [3.8, 4) is 0 Å². The molecule has 1 heterocycles. The van der Waals surface area contributed by atoms with Gasteiger partial charge >= 0.3 is 0 Å². The number of carbonyl (C=O) groups excluding carboxylic acids is 2. The van der Waals surface area contributed by atoms with Crippen LogP contribution in [0.25, 0.3) is 0 Å². The summed E-state index contributed by atoms with van der Waals surface area (Å²) in [4.78, 5) is 29.5. The predicted octanol–water partition coefficient (Wildman–Crippen LogP) is 5.26. The summed E-state index contributed by atoms with van der Waals surface area (Å²) in [5.74, 6) is -0.799. The van der Waals surface area contributed by atoms with Crippen molar-refractivity contribution in [1.82, 2.24) is 5.32 Å². The monoisotopic (exact) mass is 436 g/mol. The lowest BCUT2D eigenvalue weighted by Gasteiger charge is -2.32. The lowest BCUT2D eigenvalue weighted by atomic mass is 10.0. The Morgan fingerprint density at radius 3 is 2.35 bits per heavy atom. The van der Waals surface area contributed by atoms with Crippen molar-refractivity contribution in [3.05, 3.63) is 88.4 Å². The van der Waals surface area contributed by atoms with Gasteiger partial charge in [0, 0.05) is 16.6 Å². The molecule has 1 aliphatic carbocycles. The van der Waals surface area contributed by atoms with Crippen molar-refractivity contribution in [2.45, 2.75) is 44.2 Å². The molecule has 2 amide bonds. The van der Waals surface area contributed by atoms with E-state index in [0.29, 0.717) is 5.69 Å². The third kappa shape index (κ3) is 5.20. The topological polar surface area (TPSA) is 49.4 Å². The van der Waals surface area contributed by atoms with Gasteiger partial charge in [0.2, 0.25) is 11.8 Å². The highest BCUT2D eigenvalue weighted by Gasteiger charge is 2.34. The summed E-state index contributed by atoms with van der Waals surface area (Å²) in [5.41, 5.74) is 1.22.